The molecule has 4 aliphatic rings. The molecule has 19 heavy (non-hydrogen) atoms. The average molecular weight is 264 g/mol. The van der Waals surface area contributed by atoms with E-state index in [1.807, 2.05) is 0 Å². The normalized spacial score (nSPS) is 47.6. The molecular weight excluding hydrogens is 240 g/mol. The van der Waals surface area contributed by atoms with E-state index in [0.717, 1.165) is 19.3 Å². The van der Waals surface area contributed by atoms with Crippen molar-refractivity contribution in [2.75, 3.05) is 0 Å². The second kappa shape index (κ2) is 4.74. The lowest BCUT2D eigenvalue weighted by molar-refractivity contribution is -0.123. The predicted molar refractivity (Wildman–Crippen MR) is 71.7 cm³/mol. The summed E-state index contributed by atoms with van der Waals surface area (Å²) in [7, 11) is 0. The minimum Gasteiger partial charge on any atom is -0.373 e. The SMILES string of the molecule is O=C(CC1CC2CCC(C1)N2)NC1CC2CCC1O2. The van der Waals surface area contributed by atoms with E-state index in [-0.39, 0.29) is 5.91 Å². The van der Waals surface area contributed by atoms with E-state index in [4.69, 9.17) is 4.74 Å². The number of fused-ring (bicyclic) bond motifs is 4. The first-order chi connectivity index (χ1) is 9.26. The maximum absolute atomic E-state index is 12.2. The second-order valence-corrected chi connectivity index (χ2v) is 6.96. The van der Waals surface area contributed by atoms with Gasteiger partial charge in [0.05, 0.1) is 18.2 Å². The smallest absolute Gasteiger partial charge is 0.220 e. The van der Waals surface area contributed by atoms with Crippen LogP contribution in [0, 0.1) is 5.92 Å². The number of hydrogen-bond acceptors (Lipinski definition) is 3. The molecule has 2 N–H and O–H groups in total. The molecule has 4 aliphatic heterocycles. The molecule has 0 aromatic heterocycles. The third-order valence-corrected chi connectivity index (χ3v) is 5.50. The van der Waals surface area contributed by atoms with Crippen molar-refractivity contribution >= 4 is 5.91 Å². The fourth-order valence-corrected chi connectivity index (χ4v) is 4.66. The van der Waals surface area contributed by atoms with E-state index in [0.29, 0.717) is 36.3 Å². The van der Waals surface area contributed by atoms with Gasteiger partial charge in [0.25, 0.3) is 0 Å². The number of amides is 1. The number of ether oxygens (including phenoxy) is 1. The van der Waals surface area contributed by atoms with E-state index in [9.17, 15) is 4.79 Å². The molecule has 106 valence electrons. The van der Waals surface area contributed by atoms with Gasteiger partial charge in [-0.1, -0.05) is 0 Å². The van der Waals surface area contributed by atoms with E-state index in [2.05, 4.69) is 10.6 Å². The number of piperidine rings is 1. The molecule has 4 rings (SSSR count). The third kappa shape index (κ3) is 2.40. The van der Waals surface area contributed by atoms with Crippen LogP contribution in [0.25, 0.3) is 0 Å². The van der Waals surface area contributed by atoms with Gasteiger partial charge >= 0.3 is 0 Å². The average Bonchev–Trinajstić information content (AvgIpc) is 3.05. The lowest BCUT2D eigenvalue weighted by Crippen LogP contribution is -2.44. The van der Waals surface area contributed by atoms with Gasteiger partial charge in [-0.05, 0) is 50.9 Å². The van der Waals surface area contributed by atoms with E-state index < -0.39 is 0 Å². The maximum Gasteiger partial charge on any atom is 0.220 e. The van der Waals surface area contributed by atoms with Crippen LogP contribution in [0.4, 0.5) is 0 Å². The zero-order valence-corrected chi connectivity index (χ0v) is 11.4. The number of rotatable bonds is 3. The van der Waals surface area contributed by atoms with Crippen molar-refractivity contribution in [3.05, 3.63) is 0 Å². The van der Waals surface area contributed by atoms with Crippen molar-refractivity contribution in [3.8, 4) is 0 Å². The molecule has 1 amide bonds. The third-order valence-electron chi connectivity index (χ3n) is 5.50. The minimum absolute atomic E-state index is 0.257. The lowest BCUT2D eigenvalue weighted by Gasteiger charge is -2.29. The highest BCUT2D eigenvalue weighted by molar-refractivity contribution is 5.76. The van der Waals surface area contributed by atoms with Gasteiger partial charge in [-0.3, -0.25) is 4.79 Å². The number of nitrogens with one attached hydrogen (secondary N) is 2. The van der Waals surface area contributed by atoms with Crippen molar-refractivity contribution in [1.82, 2.24) is 10.6 Å². The Bertz CT molecular complexity index is 361. The fourth-order valence-electron chi connectivity index (χ4n) is 4.66. The molecule has 4 saturated heterocycles. The summed E-state index contributed by atoms with van der Waals surface area (Å²) in [6, 6.07) is 1.66. The van der Waals surface area contributed by atoms with Crippen LogP contribution in [-0.4, -0.2) is 36.2 Å². The molecule has 4 heterocycles. The molecule has 5 unspecified atom stereocenters. The van der Waals surface area contributed by atoms with Crippen LogP contribution in [0.15, 0.2) is 0 Å². The molecule has 0 saturated carbocycles. The first-order valence-electron chi connectivity index (χ1n) is 7.97. The molecule has 5 atom stereocenters. The van der Waals surface area contributed by atoms with Gasteiger partial charge in [-0.25, -0.2) is 0 Å². The summed E-state index contributed by atoms with van der Waals surface area (Å²) in [4.78, 5) is 12.2. The molecular formula is C15H24N2O2. The fraction of sp³-hybridized carbons (Fsp3) is 0.933. The standard InChI is InChI=1S/C15H24N2O2/c18-15(17-13-8-12-3-4-14(13)19-12)7-9-5-10-1-2-11(6-9)16-10/h9-14,16H,1-8H2,(H,17,18). The molecule has 0 aromatic carbocycles. The number of carbonyl (C=O) groups excluding carboxylic acids is 1. The van der Waals surface area contributed by atoms with Crippen LogP contribution in [0.1, 0.15) is 51.4 Å². The Hall–Kier alpha value is -0.610. The van der Waals surface area contributed by atoms with Crippen molar-refractivity contribution in [2.24, 2.45) is 5.92 Å². The molecule has 4 nitrogen and oxygen atoms in total. The van der Waals surface area contributed by atoms with Crippen molar-refractivity contribution in [1.29, 1.82) is 0 Å². The topological polar surface area (TPSA) is 50.4 Å². The molecule has 4 fully saturated rings. The first kappa shape index (κ1) is 12.2. The molecule has 4 heteroatoms. The van der Waals surface area contributed by atoms with E-state index >= 15 is 0 Å². The van der Waals surface area contributed by atoms with Crippen LogP contribution < -0.4 is 10.6 Å². The summed E-state index contributed by atoms with van der Waals surface area (Å²) in [5.74, 6) is 0.853. The zero-order valence-electron chi connectivity index (χ0n) is 11.4. The summed E-state index contributed by atoms with van der Waals surface area (Å²) in [6.45, 7) is 0. The summed E-state index contributed by atoms with van der Waals surface area (Å²) >= 11 is 0. The minimum atomic E-state index is 0.257. The van der Waals surface area contributed by atoms with E-state index in [1.165, 1.54) is 32.1 Å². The van der Waals surface area contributed by atoms with Crippen LogP contribution in [0.2, 0.25) is 0 Å². The van der Waals surface area contributed by atoms with Crippen molar-refractivity contribution < 1.29 is 9.53 Å². The zero-order chi connectivity index (χ0) is 12.8. The second-order valence-electron chi connectivity index (χ2n) is 6.96. The monoisotopic (exact) mass is 264 g/mol. The number of carbonyl (C=O) groups is 1. The van der Waals surface area contributed by atoms with Crippen LogP contribution >= 0.6 is 0 Å². The Morgan fingerprint density at radius 3 is 2.53 bits per heavy atom. The van der Waals surface area contributed by atoms with Gasteiger partial charge < -0.3 is 15.4 Å². The summed E-state index contributed by atoms with van der Waals surface area (Å²) < 4.78 is 5.80. The molecule has 0 aromatic rings. The Morgan fingerprint density at radius 2 is 1.89 bits per heavy atom. The van der Waals surface area contributed by atoms with Crippen LogP contribution in [0.3, 0.4) is 0 Å². The first-order valence-corrected chi connectivity index (χ1v) is 7.97. The lowest BCUT2D eigenvalue weighted by atomic mass is 9.89. The van der Waals surface area contributed by atoms with Gasteiger partial charge in [0.15, 0.2) is 0 Å². The van der Waals surface area contributed by atoms with Crippen molar-refractivity contribution in [2.45, 2.75) is 81.7 Å². The van der Waals surface area contributed by atoms with Crippen LogP contribution in [0.5, 0.6) is 0 Å². The Labute approximate surface area is 114 Å². The Balaban J connectivity index is 1.27. The summed E-state index contributed by atoms with van der Waals surface area (Å²) in [5.41, 5.74) is 0. The van der Waals surface area contributed by atoms with E-state index in [1.54, 1.807) is 0 Å². The predicted octanol–water partition coefficient (Wildman–Crippen LogP) is 1.34. The van der Waals surface area contributed by atoms with Gasteiger partial charge in [0.2, 0.25) is 5.91 Å². The van der Waals surface area contributed by atoms with Gasteiger partial charge in [0.1, 0.15) is 0 Å². The molecule has 0 aliphatic carbocycles. The summed E-state index contributed by atoms with van der Waals surface area (Å²) in [6.07, 6.45) is 9.81. The molecule has 0 spiro atoms. The number of hydrogen-bond donors (Lipinski definition) is 2. The van der Waals surface area contributed by atoms with Gasteiger partial charge in [-0.15, -0.1) is 0 Å². The van der Waals surface area contributed by atoms with Crippen LogP contribution in [-0.2, 0) is 9.53 Å². The Kier molecular flexibility index (Phi) is 3.03. The molecule has 4 bridgehead atoms. The highest BCUT2D eigenvalue weighted by Gasteiger charge is 2.41. The van der Waals surface area contributed by atoms with Gasteiger partial charge in [-0.2, -0.15) is 0 Å². The van der Waals surface area contributed by atoms with Crippen molar-refractivity contribution in [3.63, 3.8) is 0 Å². The van der Waals surface area contributed by atoms with Gasteiger partial charge in [0, 0.05) is 18.5 Å². The largest absolute Gasteiger partial charge is 0.373 e. The summed E-state index contributed by atoms with van der Waals surface area (Å²) in [5, 5.41) is 6.86. The highest BCUT2D eigenvalue weighted by Crippen LogP contribution is 2.35. The maximum atomic E-state index is 12.2. The Morgan fingerprint density at radius 1 is 1.11 bits per heavy atom. The molecule has 0 radical (unpaired) electrons. The quantitative estimate of drug-likeness (QED) is 0.809. The highest BCUT2D eigenvalue weighted by atomic mass is 16.5.